The van der Waals surface area contributed by atoms with Crippen LogP contribution in [0.4, 0.5) is 0 Å². The largest absolute Gasteiger partial charge is 0.409 e. The van der Waals surface area contributed by atoms with Gasteiger partial charge in [0, 0.05) is 16.2 Å². The van der Waals surface area contributed by atoms with E-state index in [1.165, 1.54) is 30.2 Å². The van der Waals surface area contributed by atoms with Crippen LogP contribution in [0, 0.1) is 24.2 Å². The zero-order valence-electron chi connectivity index (χ0n) is 18.1. The predicted molar refractivity (Wildman–Crippen MR) is 117 cm³/mol. The lowest BCUT2D eigenvalue weighted by Crippen LogP contribution is -2.64. The number of carbonyl (C=O) groups is 1. The molecule has 154 valence electrons. The third-order valence-electron chi connectivity index (χ3n) is 7.24. The van der Waals surface area contributed by atoms with E-state index in [0.29, 0.717) is 0 Å². The maximum absolute atomic E-state index is 13.8. The molecule has 4 rings (SSSR count). The molecule has 1 aromatic carbocycles. The fourth-order valence-corrected chi connectivity index (χ4v) is 8.31. The Kier molecular flexibility index (Phi) is 5.14. The second kappa shape index (κ2) is 6.97. The van der Waals surface area contributed by atoms with Crippen LogP contribution in [0.25, 0.3) is 0 Å². The molecule has 1 heterocycles. The van der Waals surface area contributed by atoms with Crippen molar-refractivity contribution in [3.05, 3.63) is 29.8 Å². The molecule has 1 aromatic rings. The number of hydrogen-bond donors (Lipinski definition) is 0. The van der Waals surface area contributed by atoms with Crippen molar-refractivity contribution in [2.75, 3.05) is 0 Å². The lowest BCUT2D eigenvalue weighted by molar-refractivity contribution is -0.150. The van der Waals surface area contributed by atoms with Crippen molar-refractivity contribution >= 4 is 25.2 Å². The van der Waals surface area contributed by atoms with Gasteiger partial charge in [0.15, 0.2) is 13.4 Å². The van der Waals surface area contributed by atoms with Crippen molar-refractivity contribution in [2.45, 2.75) is 88.8 Å². The summed E-state index contributed by atoms with van der Waals surface area (Å²) in [7, 11) is -1.78. The highest BCUT2D eigenvalue weighted by Gasteiger charge is 2.73. The van der Waals surface area contributed by atoms with E-state index in [0.717, 1.165) is 17.7 Å². The summed E-state index contributed by atoms with van der Waals surface area (Å²) < 4.78 is 13.2. The number of epoxide rings is 1. The number of hydrogen-bond acceptors (Lipinski definition) is 4. The second-order valence-corrected chi connectivity index (χ2v) is 15.7. The first-order valence-corrected chi connectivity index (χ1v) is 14.9. The van der Waals surface area contributed by atoms with Gasteiger partial charge in [-0.05, 0) is 57.5 Å². The van der Waals surface area contributed by atoms with Gasteiger partial charge in [0.25, 0.3) is 0 Å². The Hall–Kier alpha value is -0.623. The first-order valence-electron chi connectivity index (χ1n) is 10.7. The number of benzene rings is 1. The van der Waals surface area contributed by atoms with Gasteiger partial charge in [-0.3, -0.25) is 4.79 Å². The van der Waals surface area contributed by atoms with Gasteiger partial charge in [-0.15, -0.1) is 0 Å². The van der Waals surface area contributed by atoms with Crippen LogP contribution in [0.3, 0.4) is 0 Å². The highest BCUT2D eigenvalue weighted by molar-refractivity contribution is 8.13. The van der Waals surface area contributed by atoms with Crippen molar-refractivity contribution < 1.29 is 14.0 Å². The quantitative estimate of drug-likeness (QED) is 0.351. The van der Waals surface area contributed by atoms with Gasteiger partial charge in [-0.25, -0.2) is 0 Å². The molecule has 3 nitrogen and oxygen atoms in total. The molecule has 1 aliphatic heterocycles. The molecular formula is C23H34O3SSi. The molecule has 3 fully saturated rings. The second-order valence-electron chi connectivity index (χ2n) is 10.3. The van der Waals surface area contributed by atoms with Crippen LogP contribution in [0.15, 0.2) is 29.2 Å². The Morgan fingerprint density at radius 1 is 1.21 bits per heavy atom. The Balaban J connectivity index is 1.69. The molecule has 0 N–H and O–H groups in total. The fourth-order valence-electron chi connectivity index (χ4n) is 5.77. The maximum Gasteiger partial charge on any atom is 0.200 e. The summed E-state index contributed by atoms with van der Waals surface area (Å²) in [5.74, 6) is 0.467. The average Bonchev–Trinajstić information content (AvgIpc) is 3.42. The predicted octanol–water partition coefficient (Wildman–Crippen LogP) is 5.82. The number of carbonyl (C=O) groups excluding carboxylic acids is 1. The number of ether oxygens (including phenoxy) is 1. The summed E-state index contributed by atoms with van der Waals surface area (Å²) in [6.07, 6.45) is 4.82. The van der Waals surface area contributed by atoms with E-state index in [1.54, 1.807) is 0 Å². The monoisotopic (exact) mass is 418 g/mol. The standard InChI is InChI=1S/C23H34O3SSi/c1-15-10-12-17(13-11-15)27-21(24)22(3)16(2)19-20(25-19)23(26-28(4,5)6)14-8-7-9-18(22)23/h10-13,16,18-20H,7-9,14H2,1-6H3/t16-,18+,19-,20-,22-,23+/m1/s1. The molecule has 0 spiro atoms. The molecule has 0 radical (unpaired) electrons. The van der Waals surface area contributed by atoms with Crippen LogP contribution in [0.2, 0.25) is 19.6 Å². The summed E-state index contributed by atoms with van der Waals surface area (Å²) in [6, 6.07) is 8.30. The minimum Gasteiger partial charge on any atom is -0.409 e. The molecule has 0 bridgehead atoms. The van der Waals surface area contributed by atoms with Crippen LogP contribution < -0.4 is 0 Å². The van der Waals surface area contributed by atoms with Gasteiger partial charge < -0.3 is 9.16 Å². The SMILES string of the molecule is Cc1ccc(SC(=O)[C@]2(C)[C@H](C)[C@H]3O[C@H]3[C@]3(O[Si](C)(C)C)CCCC[C@H]32)cc1. The highest BCUT2D eigenvalue weighted by Crippen LogP contribution is 2.65. The molecule has 2 aliphatic carbocycles. The zero-order chi connectivity index (χ0) is 20.3. The first kappa shape index (κ1) is 20.6. The Bertz CT molecular complexity index is 758. The average molecular weight is 419 g/mol. The van der Waals surface area contributed by atoms with Crippen molar-refractivity contribution in [1.82, 2.24) is 0 Å². The lowest BCUT2D eigenvalue weighted by atomic mass is 9.52. The summed E-state index contributed by atoms with van der Waals surface area (Å²) in [5.41, 5.74) is 0.531. The van der Waals surface area contributed by atoms with E-state index in [9.17, 15) is 4.79 Å². The Labute approximate surface area is 175 Å². The van der Waals surface area contributed by atoms with E-state index in [-0.39, 0.29) is 34.8 Å². The number of thioether (sulfide) groups is 1. The zero-order valence-corrected chi connectivity index (χ0v) is 19.9. The highest BCUT2D eigenvalue weighted by atomic mass is 32.2. The molecule has 2 saturated carbocycles. The molecule has 0 aromatic heterocycles. The van der Waals surface area contributed by atoms with Crippen molar-refractivity contribution in [1.29, 1.82) is 0 Å². The van der Waals surface area contributed by atoms with Gasteiger partial charge in [0.1, 0.15) is 6.10 Å². The van der Waals surface area contributed by atoms with Crippen LogP contribution in [0.5, 0.6) is 0 Å². The van der Waals surface area contributed by atoms with E-state index >= 15 is 0 Å². The van der Waals surface area contributed by atoms with Gasteiger partial charge >= 0.3 is 0 Å². The van der Waals surface area contributed by atoms with Crippen LogP contribution in [-0.2, 0) is 14.0 Å². The lowest BCUT2D eigenvalue weighted by Gasteiger charge is -2.57. The van der Waals surface area contributed by atoms with E-state index < -0.39 is 13.7 Å². The fraction of sp³-hybridized carbons (Fsp3) is 0.696. The Morgan fingerprint density at radius 3 is 2.54 bits per heavy atom. The minimum absolute atomic E-state index is 0.165. The molecule has 0 amide bonds. The van der Waals surface area contributed by atoms with Crippen molar-refractivity contribution in [3.8, 4) is 0 Å². The summed E-state index contributed by atoms with van der Waals surface area (Å²) in [4.78, 5) is 14.8. The maximum atomic E-state index is 13.8. The summed E-state index contributed by atoms with van der Waals surface area (Å²) >= 11 is 1.42. The van der Waals surface area contributed by atoms with E-state index in [1.807, 2.05) is 0 Å². The van der Waals surface area contributed by atoms with Gasteiger partial charge in [0.05, 0.1) is 11.7 Å². The smallest absolute Gasteiger partial charge is 0.200 e. The molecule has 0 unspecified atom stereocenters. The van der Waals surface area contributed by atoms with Gasteiger partial charge in [0.2, 0.25) is 0 Å². The van der Waals surface area contributed by atoms with Gasteiger partial charge in [-0.2, -0.15) is 0 Å². The number of fused-ring (bicyclic) bond motifs is 3. The van der Waals surface area contributed by atoms with Crippen molar-refractivity contribution in [3.63, 3.8) is 0 Å². The molecule has 28 heavy (non-hydrogen) atoms. The molecule has 5 heteroatoms. The molecular weight excluding hydrogens is 384 g/mol. The minimum atomic E-state index is -1.78. The normalized spacial score (nSPS) is 39.8. The first-order chi connectivity index (χ1) is 13.1. The summed E-state index contributed by atoms with van der Waals surface area (Å²) in [6.45, 7) is 13.3. The van der Waals surface area contributed by atoms with E-state index in [2.05, 4.69) is 64.7 Å². The third kappa shape index (κ3) is 3.32. The summed E-state index contributed by atoms with van der Waals surface area (Å²) in [5, 5.41) is 0.285. The number of aryl methyl sites for hydroxylation is 1. The Morgan fingerprint density at radius 2 is 1.89 bits per heavy atom. The molecule has 6 atom stereocenters. The van der Waals surface area contributed by atoms with Gasteiger partial charge in [-0.1, -0.05) is 56.1 Å². The third-order valence-corrected chi connectivity index (χ3v) is 9.36. The van der Waals surface area contributed by atoms with Crippen molar-refractivity contribution in [2.24, 2.45) is 17.3 Å². The van der Waals surface area contributed by atoms with Crippen LogP contribution in [0.1, 0.15) is 45.1 Å². The van der Waals surface area contributed by atoms with E-state index in [4.69, 9.17) is 9.16 Å². The number of rotatable bonds is 4. The molecule has 3 aliphatic rings. The van der Waals surface area contributed by atoms with Crippen LogP contribution >= 0.6 is 11.8 Å². The molecule has 1 saturated heterocycles. The topological polar surface area (TPSA) is 38.8 Å². The van der Waals surface area contributed by atoms with Crippen LogP contribution in [-0.4, -0.2) is 31.2 Å².